The van der Waals surface area contributed by atoms with E-state index < -0.39 is 15.7 Å². The van der Waals surface area contributed by atoms with Crippen molar-refractivity contribution in [3.8, 4) is 5.75 Å². The first-order valence-corrected chi connectivity index (χ1v) is 13.8. The third-order valence-electron chi connectivity index (χ3n) is 5.58. The maximum atomic E-state index is 13.2. The summed E-state index contributed by atoms with van der Waals surface area (Å²) < 4.78 is 50.5. The number of sulfone groups is 1. The number of aromatic nitrogens is 1. The monoisotopic (exact) mass is 506 g/mol. The number of hydrogen-bond donors (Lipinski definition) is 0. The number of halogens is 1. The molecule has 0 radical (unpaired) electrons. The average molecular weight is 507 g/mol. The molecule has 0 saturated carbocycles. The molecule has 0 bridgehead atoms. The summed E-state index contributed by atoms with van der Waals surface area (Å²) in [6.45, 7) is 3.52. The van der Waals surface area contributed by atoms with Gasteiger partial charge in [0.15, 0.2) is 15.0 Å². The minimum atomic E-state index is -3.61. The van der Waals surface area contributed by atoms with E-state index in [2.05, 4.69) is 4.98 Å². The number of nitrogens with zero attached hydrogens (tertiary/aromatic N) is 2. The Labute approximate surface area is 202 Å². The lowest BCUT2D eigenvalue weighted by Crippen LogP contribution is -2.37. The molecule has 0 N–H and O–H groups in total. The zero-order valence-electron chi connectivity index (χ0n) is 18.9. The molecular weight excluding hydrogens is 479 g/mol. The highest BCUT2D eigenvalue weighted by Crippen LogP contribution is 2.33. The van der Waals surface area contributed by atoms with E-state index in [4.69, 9.17) is 9.47 Å². The fourth-order valence-electron chi connectivity index (χ4n) is 3.85. The molecule has 10 heteroatoms. The normalized spacial score (nSPS) is 16.1. The Hall–Kier alpha value is -2.56. The second-order valence-electron chi connectivity index (χ2n) is 8.07. The Morgan fingerprint density at radius 2 is 2.06 bits per heavy atom. The molecule has 34 heavy (non-hydrogen) atoms. The van der Waals surface area contributed by atoms with Crippen molar-refractivity contribution in [3.05, 3.63) is 48.3 Å². The number of carbonyl (C=O) groups excluding carboxylic acids is 1. The topological polar surface area (TPSA) is 85.8 Å². The second-order valence-corrected chi connectivity index (χ2v) is 11.2. The molecule has 1 aliphatic heterocycles. The van der Waals surface area contributed by atoms with E-state index in [1.54, 1.807) is 4.90 Å². The van der Waals surface area contributed by atoms with Crippen LogP contribution in [-0.4, -0.2) is 50.9 Å². The van der Waals surface area contributed by atoms with Gasteiger partial charge in [-0.2, -0.15) is 0 Å². The Morgan fingerprint density at radius 3 is 2.76 bits per heavy atom. The Morgan fingerprint density at radius 1 is 1.26 bits per heavy atom. The predicted molar refractivity (Wildman–Crippen MR) is 130 cm³/mol. The molecule has 182 valence electrons. The molecule has 2 heterocycles. The van der Waals surface area contributed by atoms with Crippen molar-refractivity contribution in [1.29, 1.82) is 0 Å². The molecule has 1 amide bonds. The van der Waals surface area contributed by atoms with Gasteiger partial charge in [-0.15, -0.1) is 0 Å². The first kappa shape index (κ1) is 24.6. The first-order chi connectivity index (χ1) is 16.4. The summed E-state index contributed by atoms with van der Waals surface area (Å²) in [5.41, 5.74) is 0.771. The van der Waals surface area contributed by atoms with Crippen LogP contribution in [0.3, 0.4) is 0 Å². The summed E-state index contributed by atoms with van der Waals surface area (Å²) in [5.74, 6) is -0.152. The summed E-state index contributed by atoms with van der Waals surface area (Å²) in [7, 11) is -3.61. The van der Waals surface area contributed by atoms with Gasteiger partial charge in [-0.3, -0.25) is 9.69 Å². The van der Waals surface area contributed by atoms with Crippen molar-refractivity contribution in [2.75, 3.05) is 30.4 Å². The Bertz CT molecular complexity index is 1240. The molecule has 7 nitrogen and oxygen atoms in total. The molecule has 1 atom stereocenters. The third kappa shape index (κ3) is 5.92. The quantitative estimate of drug-likeness (QED) is 0.374. The molecule has 1 fully saturated rings. The first-order valence-electron chi connectivity index (χ1n) is 11.3. The van der Waals surface area contributed by atoms with Crippen molar-refractivity contribution in [2.45, 2.75) is 43.6 Å². The van der Waals surface area contributed by atoms with Crippen molar-refractivity contribution >= 4 is 42.4 Å². The third-order valence-corrected chi connectivity index (χ3v) is 8.44. The number of benzene rings is 2. The van der Waals surface area contributed by atoms with Gasteiger partial charge in [0.1, 0.15) is 11.6 Å². The summed E-state index contributed by atoms with van der Waals surface area (Å²) in [6, 6.07) is 10.3. The molecule has 3 aromatic rings. The van der Waals surface area contributed by atoms with Crippen LogP contribution in [-0.2, 0) is 19.4 Å². The SMILES string of the molecule is CCOc1ccc2nc(N(CC3CCCO3)C(=O)CCCS(=O)(=O)c3ccc(F)cc3)sc2c1. The molecular formula is C24H27FN2O5S2. The summed E-state index contributed by atoms with van der Waals surface area (Å²) in [4.78, 5) is 19.5. The summed E-state index contributed by atoms with van der Waals surface area (Å²) in [6.07, 6.45) is 1.94. The van der Waals surface area contributed by atoms with Crippen molar-refractivity contribution in [1.82, 2.24) is 4.98 Å². The molecule has 1 aromatic heterocycles. The van der Waals surface area contributed by atoms with Gasteiger partial charge >= 0.3 is 0 Å². The van der Waals surface area contributed by atoms with Crippen LogP contribution >= 0.6 is 11.3 Å². The minimum Gasteiger partial charge on any atom is -0.494 e. The van der Waals surface area contributed by atoms with Gasteiger partial charge in [-0.05, 0) is 68.7 Å². The Kier molecular flexibility index (Phi) is 7.80. The van der Waals surface area contributed by atoms with Gasteiger partial charge in [0.05, 0.1) is 40.1 Å². The number of hydrogen-bond acceptors (Lipinski definition) is 7. The standard InChI is InChI=1S/C24H27FN2O5S2/c1-2-31-18-9-12-21-22(15-18)33-24(26-21)27(16-19-5-3-13-32-19)23(28)6-4-14-34(29,30)20-10-7-17(25)8-11-20/h7-12,15,19H,2-6,13-14,16H2,1H3. The van der Waals surface area contributed by atoms with E-state index in [9.17, 15) is 17.6 Å². The molecule has 0 spiro atoms. The van der Waals surface area contributed by atoms with Crippen molar-refractivity contribution in [2.24, 2.45) is 0 Å². The second kappa shape index (κ2) is 10.8. The van der Waals surface area contributed by atoms with Gasteiger partial charge in [0, 0.05) is 13.0 Å². The number of thiazole rings is 1. The van der Waals surface area contributed by atoms with Gasteiger partial charge in [0.2, 0.25) is 5.91 Å². The van der Waals surface area contributed by atoms with Gasteiger partial charge in [0.25, 0.3) is 0 Å². The lowest BCUT2D eigenvalue weighted by atomic mass is 10.2. The number of ether oxygens (including phenoxy) is 2. The molecule has 0 aliphatic carbocycles. The molecule has 2 aromatic carbocycles. The van der Waals surface area contributed by atoms with Gasteiger partial charge in [-0.1, -0.05) is 11.3 Å². The number of amides is 1. The number of rotatable bonds is 10. The van der Waals surface area contributed by atoms with Gasteiger partial charge in [-0.25, -0.2) is 17.8 Å². The average Bonchev–Trinajstić information content (AvgIpc) is 3.47. The van der Waals surface area contributed by atoms with Crippen LogP contribution in [0.5, 0.6) is 5.75 Å². The number of anilines is 1. The highest BCUT2D eigenvalue weighted by molar-refractivity contribution is 7.91. The van der Waals surface area contributed by atoms with Crippen LogP contribution in [0.25, 0.3) is 10.2 Å². The van der Waals surface area contributed by atoms with Crippen molar-refractivity contribution in [3.63, 3.8) is 0 Å². The molecule has 4 rings (SSSR count). The zero-order chi connectivity index (χ0) is 24.1. The summed E-state index contributed by atoms with van der Waals surface area (Å²) >= 11 is 1.40. The fraction of sp³-hybridized carbons (Fsp3) is 0.417. The highest BCUT2D eigenvalue weighted by Gasteiger charge is 2.26. The number of carbonyl (C=O) groups is 1. The highest BCUT2D eigenvalue weighted by atomic mass is 32.2. The van der Waals surface area contributed by atoms with E-state index in [-0.39, 0.29) is 35.5 Å². The maximum Gasteiger partial charge on any atom is 0.228 e. The fourth-order valence-corrected chi connectivity index (χ4v) is 6.18. The molecule has 1 unspecified atom stereocenters. The molecule has 1 saturated heterocycles. The van der Waals surface area contributed by atoms with Crippen LogP contribution in [0.4, 0.5) is 9.52 Å². The van der Waals surface area contributed by atoms with E-state index in [1.807, 2.05) is 25.1 Å². The van der Waals surface area contributed by atoms with Crippen LogP contribution in [0.1, 0.15) is 32.6 Å². The van der Waals surface area contributed by atoms with E-state index in [0.717, 1.165) is 40.9 Å². The van der Waals surface area contributed by atoms with Crippen LogP contribution in [0, 0.1) is 5.82 Å². The van der Waals surface area contributed by atoms with E-state index in [0.29, 0.717) is 24.9 Å². The lowest BCUT2D eigenvalue weighted by molar-refractivity contribution is -0.119. The molecule has 1 aliphatic rings. The van der Waals surface area contributed by atoms with E-state index >= 15 is 0 Å². The zero-order valence-corrected chi connectivity index (χ0v) is 20.5. The lowest BCUT2D eigenvalue weighted by Gasteiger charge is -2.23. The van der Waals surface area contributed by atoms with Crippen LogP contribution < -0.4 is 9.64 Å². The number of fused-ring (bicyclic) bond motifs is 1. The van der Waals surface area contributed by atoms with E-state index in [1.165, 1.54) is 23.5 Å². The predicted octanol–water partition coefficient (Wildman–Crippen LogP) is 4.60. The van der Waals surface area contributed by atoms with Crippen LogP contribution in [0.15, 0.2) is 47.4 Å². The summed E-state index contributed by atoms with van der Waals surface area (Å²) in [5, 5.41) is 0.561. The van der Waals surface area contributed by atoms with Gasteiger partial charge < -0.3 is 9.47 Å². The maximum absolute atomic E-state index is 13.2. The minimum absolute atomic E-state index is 0.0489. The smallest absolute Gasteiger partial charge is 0.228 e. The van der Waals surface area contributed by atoms with Crippen LogP contribution in [0.2, 0.25) is 0 Å². The Balaban J connectivity index is 1.48. The largest absolute Gasteiger partial charge is 0.494 e. The van der Waals surface area contributed by atoms with Crippen molar-refractivity contribution < 1.29 is 27.1 Å².